The van der Waals surface area contributed by atoms with Gasteiger partial charge in [-0.25, -0.2) is 4.39 Å². The fraction of sp³-hybridized carbons (Fsp3) is 0.333. The van der Waals surface area contributed by atoms with Gasteiger partial charge in [0.2, 0.25) is 0 Å². The number of halogens is 1. The van der Waals surface area contributed by atoms with Crippen LogP contribution in [-0.4, -0.2) is 28.1 Å². The van der Waals surface area contributed by atoms with Crippen molar-refractivity contribution in [2.24, 2.45) is 5.92 Å². The molecule has 1 fully saturated rings. The highest BCUT2D eigenvalue weighted by molar-refractivity contribution is 5.94. The molecule has 23 heavy (non-hydrogen) atoms. The third-order valence-corrected chi connectivity index (χ3v) is 4.30. The lowest BCUT2D eigenvalue weighted by molar-refractivity contribution is 0.0239. The summed E-state index contributed by atoms with van der Waals surface area (Å²) in [6.45, 7) is 0. The largest absolute Gasteiger partial charge is 0.393 e. The normalized spacial score (nSPS) is 21.3. The lowest BCUT2D eigenvalue weighted by Crippen LogP contribution is -2.48. The average molecular weight is 314 g/mol. The highest BCUT2D eigenvalue weighted by Gasteiger charge is 2.34. The van der Waals surface area contributed by atoms with Crippen LogP contribution in [-0.2, 0) is 6.42 Å². The first-order valence-electron chi connectivity index (χ1n) is 7.75. The summed E-state index contributed by atoms with van der Waals surface area (Å²) in [5.41, 5.74) is 1.33. The first kappa shape index (κ1) is 15.6. The number of aromatic nitrogens is 1. The van der Waals surface area contributed by atoms with Crippen LogP contribution in [0.2, 0.25) is 0 Å². The molecule has 1 heterocycles. The summed E-state index contributed by atoms with van der Waals surface area (Å²) in [7, 11) is 0. The standard InChI is InChI=1S/C18H19FN2O2/c19-15-7-14(10-20-11-15)18(23)21-17(13-8-16(22)9-13)6-12-4-2-1-3-5-12/h1-5,7,10-11,13,16-17,22H,6,8-9H2,(H,21,23)/t13?,16?,17-/m0/s1. The van der Waals surface area contributed by atoms with Gasteiger partial charge in [0.1, 0.15) is 5.82 Å². The maximum atomic E-state index is 13.2. The Labute approximate surface area is 134 Å². The van der Waals surface area contributed by atoms with E-state index in [4.69, 9.17) is 0 Å². The summed E-state index contributed by atoms with van der Waals surface area (Å²) < 4.78 is 13.2. The summed E-state index contributed by atoms with van der Waals surface area (Å²) in [5, 5.41) is 12.5. The van der Waals surface area contributed by atoms with E-state index >= 15 is 0 Å². The topological polar surface area (TPSA) is 62.2 Å². The monoisotopic (exact) mass is 314 g/mol. The molecule has 1 atom stereocenters. The van der Waals surface area contributed by atoms with Crippen LogP contribution < -0.4 is 5.32 Å². The van der Waals surface area contributed by atoms with Gasteiger partial charge in [0.15, 0.2) is 0 Å². The van der Waals surface area contributed by atoms with Crippen molar-refractivity contribution in [3.8, 4) is 0 Å². The van der Waals surface area contributed by atoms with E-state index in [0.29, 0.717) is 19.3 Å². The number of benzene rings is 1. The van der Waals surface area contributed by atoms with Crippen molar-refractivity contribution in [3.63, 3.8) is 0 Å². The molecule has 4 nitrogen and oxygen atoms in total. The highest BCUT2D eigenvalue weighted by Crippen LogP contribution is 2.31. The van der Waals surface area contributed by atoms with Crippen LogP contribution in [0.4, 0.5) is 4.39 Å². The lowest BCUT2D eigenvalue weighted by atomic mass is 9.75. The Hall–Kier alpha value is -2.27. The Morgan fingerprint density at radius 2 is 2.04 bits per heavy atom. The third-order valence-electron chi connectivity index (χ3n) is 4.30. The van der Waals surface area contributed by atoms with E-state index in [0.717, 1.165) is 11.8 Å². The fourth-order valence-electron chi connectivity index (χ4n) is 2.95. The lowest BCUT2D eigenvalue weighted by Gasteiger charge is -2.38. The SMILES string of the molecule is O=C(N[C@@H](Cc1ccccc1)C1CC(O)C1)c1cncc(F)c1. The number of rotatable bonds is 5. The summed E-state index contributed by atoms with van der Waals surface area (Å²) in [5.74, 6) is -0.633. The molecule has 2 N–H and O–H groups in total. The van der Waals surface area contributed by atoms with Crippen LogP contribution in [0.5, 0.6) is 0 Å². The minimum Gasteiger partial charge on any atom is -0.393 e. The Kier molecular flexibility index (Phi) is 4.67. The zero-order valence-corrected chi connectivity index (χ0v) is 12.7. The smallest absolute Gasteiger partial charge is 0.253 e. The second kappa shape index (κ2) is 6.87. The van der Waals surface area contributed by atoms with Crippen molar-refractivity contribution in [2.75, 3.05) is 0 Å². The Morgan fingerprint density at radius 3 is 2.70 bits per heavy atom. The van der Waals surface area contributed by atoms with Gasteiger partial charge < -0.3 is 10.4 Å². The van der Waals surface area contributed by atoms with E-state index in [9.17, 15) is 14.3 Å². The minimum absolute atomic E-state index is 0.0865. The zero-order chi connectivity index (χ0) is 16.2. The number of aliphatic hydroxyl groups excluding tert-OH is 1. The number of nitrogens with one attached hydrogen (secondary N) is 1. The van der Waals surface area contributed by atoms with E-state index in [1.807, 2.05) is 30.3 Å². The van der Waals surface area contributed by atoms with Gasteiger partial charge in [0.05, 0.1) is 17.9 Å². The summed E-state index contributed by atoms with van der Waals surface area (Å²) in [6, 6.07) is 11.0. The minimum atomic E-state index is -0.531. The Morgan fingerprint density at radius 1 is 1.30 bits per heavy atom. The van der Waals surface area contributed by atoms with Crippen molar-refractivity contribution in [3.05, 3.63) is 65.7 Å². The molecule has 0 unspecified atom stereocenters. The van der Waals surface area contributed by atoms with Gasteiger partial charge in [-0.15, -0.1) is 0 Å². The summed E-state index contributed by atoms with van der Waals surface area (Å²) >= 11 is 0. The van der Waals surface area contributed by atoms with Gasteiger partial charge in [0.25, 0.3) is 5.91 Å². The van der Waals surface area contributed by atoms with Gasteiger partial charge in [-0.05, 0) is 36.8 Å². The molecule has 1 aliphatic carbocycles. The number of amides is 1. The molecule has 3 rings (SSSR count). The van der Waals surface area contributed by atoms with Crippen molar-refractivity contribution < 1.29 is 14.3 Å². The van der Waals surface area contributed by atoms with Gasteiger partial charge in [-0.2, -0.15) is 0 Å². The zero-order valence-electron chi connectivity index (χ0n) is 12.7. The number of carbonyl (C=O) groups is 1. The molecule has 0 saturated heterocycles. The van der Waals surface area contributed by atoms with Crippen LogP contribution in [0.15, 0.2) is 48.8 Å². The van der Waals surface area contributed by atoms with Crippen LogP contribution in [0, 0.1) is 11.7 Å². The molecule has 0 aliphatic heterocycles. The highest BCUT2D eigenvalue weighted by atomic mass is 19.1. The molecule has 1 aromatic heterocycles. The molecule has 1 saturated carbocycles. The second-order valence-electron chi connectivity index (χ2n) is 6.05. The first-order valence-corrected chi connectivity index (χ1v) is 7.75. The third kappa shape index (κ3) is 3.93. The molecule has 1 aliphatic rings. The van der Waals surface area contributed by atoms with Crippen LogP contribution >= 0.6 is 0 Å². The fourth-order valence-corrected chi connectivity index (χ4v) is 2.95. The summed E-state index contributed by atoms with van der Waals surface area (Å²) in [6.07, 6.45) is 4.19. The van der Waals surface area contributed by atoms with Crippen LogP contribution in [0.25, 0.3) is 0 Å². The van der Waals surface area contributed by atoms with Crippen molar-refractivity contribution in [2.45, 2.75) is 31.4 Å². The molecular weight excluding hydrogens is 295 g/mol. The van der Waals surface area contributed by atoms with E-state index < -0.39 is 5.82 Å². The molecule has 0 spiro atoms. The molecule has 1 amide bonds. The van der Waals surface area contributed by atoms with E-state index in [1.165, 1.54) is 12.3 Å². The Bertz CT molecular complexity index is 672. The molecule has 5 heteroatoms. The quantitative estimate of drug-likeness (QED) is 0.890. The number of aliphatic hydroxyl groups is 1. The molecule has 0 radical (unpaired) electrons. The number of hydrogen-bond donors (Lipinski definition) is 2. The van der Waals surface area contributed by atoms with Crippen molar-refractivity contribution >= 4 is 5.91 Å². The molecular formula is C18H19FN2O2. The van der Waals surface area contributed by atoms with Crippen molar-refractivity contribution in [1.29, 1.82) is 0 Å². The van der Waals surface area contributed by atoms with Gasteiger partial charge in [0, 0.05) is 12.2 Å². The number of nitrogens with zero attached hydrogens (tertiary/aromatic N) is 1. The average Bonchev–Trinajstić information content (AvgIpc) is 2.52. The van der Waals surface area contributed by atoms with Crippen molar-refractivity contribution in [1.82, 2.24) is 10.3 Å². The number of hydrogen-bond acceptors (Lipinski definition) is 3. The summed E-state index contributed by atoms with van der Waals surface area (Å²) in [4.78, 5) is 16.1. The van der Waals surface area contributed by atoms with Crippen LogP contribution in [0.1, 0.15) is 28.8 Å². The predicted molar refractivity (Wildman–Crippen MR) is 84.3 cm³/mol. The molecule has 2 aromatic rings. The molecule has 1 aromatic carbocycles. The van der Waals surface area contributed by atoms with Crippen LogP contribution in [0.3, 0.4) is 0 Å². The second-order valence-corrected chi connectivity index (χ2v) is 6.05. The number of carbonyl (C=O) groups excluding carboxylic acids is 1. The van der Waals surface area contributed by atoms with Gasteiger partial charge >= 0.3 is 0 Å². The van der Waals surface area contributed by atoms with E-state index in [2.05, 4.69) is 10.3 Å². The van der Waals surface area contributed by atoms with Gasteiger partial charge in [-0.1, -0.05) is 30.3 Å². The van der Waals surface area contributed by atoms with Gasteiger partial charge in [-0.3, -0.25) is 9.78 Å². The van der Waals surface area contributed by atoms with E-state index in [-0.39, 0.29) is 29.5 Å². The maximum absolute atomic E-state index is 13.2. The first-order chi connectivity index (χ1) is 11.1. The maximum Gasteiger partial charge on any atom is 0.253 e. The molecule has 120 valence electrons. The molecule has 0 bridgehead atoms. The Balaban J connectivity index is 1.72. The predicted octanol–water partition coefficient (Wildman–Crippen LogP) is 2.33. The number of pyridine rings is 1. The van der Waals surface area contributed by atoms with E-state index in [1.54, 1.807) is 0 Å².